The average Bonchev–Trinajstić information content (AvgIpc) is 3.33. The summed E-state index contributed by atoms with van der Waals surface area (Å²) in [5.74, 6) is -3.06. The van der Waals surface area contributed by atoms with Crippen LogP contribution in [-0.4, -0.2) is 34.1 Å². The fourth-order valence-electron chi connectivity index (χ4n) is 2.99. The van der Waals surface area contributed by atoms with Gasteiger partial charge < -0.3 is 14.2 Å². The molecule has 2 aliphatic rings. The molecular weight excluding hydrogens is 384 g/mol. The molecule has 1 saturated carbocycles. The van der Waals surface area contributed by atoms with Gasteiger partial charge >= 0.3 is 12.1 Å². The van der Waals surface area contributed by atoms with Gasteiger partial charge in [-0.2, -0.15) is 23.4 Å². The molecule has 7 nitrogen and oxygen atoms in total. The van der Waals surface area contributed by atoms with Crippen molar-refractivity contribution in [3.05, 3.63) is 29.4 Å². The molecule has 0 spiro atoms. The van der Waals surface area contributed by atoms with E-state index in [2.05, 4.69) is 14.7 Å². The third-order valence-corrected chi connectivity index (χ3v) is 4.71. The van der Waals surface area contributed by atoms with Crippen molar-refractivity contribution in [2.24, 2.45) is 5.41 Å². The SMILES string of the molecule is N#CC1(C(=O)N2CCOc3cc(-c4noc(C(F)(F)F)n4)cc(F)c3C2)CC1. The van der Waals surface area contributed by atoms with Crippen LogP contribution in [0.15, 0.2) is 16.7 Å². The van der Waals surface area contributed by atoms with Crippen LogP contribution in [0.4, 0.5) is 17.6 Å². The molecule has 2 heterocycles. The second-order valence-electron chi connectivity index (χ2n) is 6.62. The first-order chi connectivity index (χ1) is 13.2. The Hall–Kier alpha value is -3.16. The Morgan fingerprint density at radius 3 is 2.68 bits per heavy atom. The number of fused-ring (bicyclic) bond motifs is 1. The summed E-state index contributed by atoms with van der Waals surface area (Å²) in [6.45, 7) is 0.0963. The first-order valence-corrected chi connectivity index (χ1v) is 8.31. The number of ether oxygens (including phenoxy) is 1. The van der Waals surface area contributed by atoms with Gasteiger partial charge in [0.25, 0.3) is 0 Å². The first-order valence-electron chi connectivity index (χ1n) is 8.31. The summed E-state index contributed by atoms with van der Waals surface area (Å²) >= 11 is 0. The van der Waals surface area contributed by atoms with Crippen molar-refractivity contribution in [3.8, 4) is 23.2 Å². The monoisotopic (exact) mass is 396 g/mol. The van der Waals surface area contributed by atoms with E-state index in [-0.39, 0.29) is 42.5 Å². The van der Waals surface area contributed by atoms with Crippen LogP contribution in [0.2, 0.25) is 0 Å². The molecule has 28 heavy (non-hydrogen) atoms. The number of alkyl halides is 3. The normalized spacial score (nSPS) is 17.9. The van der Waals surface area contributed by atoms with E-state index in [0.29, 0.717) is 12.8 Å². The highest BCUT2D eigenvalue weighted by Gasteiger charge is 2.52. The molecule has 0 bridgehead atoms. The molecule has 1 aliphatic heterocycles. The van der Waals surface area contributed by atoms with E-state index in [9.17, 15) is 27.6 Å². The minimum absolute atomic E-state index is 0.0448. The van der Waals surface area contributed by atoms with Gasteiger partial charge in [0.1, 0.15) is 23.6 Å². The van der Waals surface area contributed by atoms with Crippen LogP contribution in [0.5, 0.6) is 5.75 Å². The van der Waals surface area contributed by atoms with Gasteiger partial charge in [0.15, 0.2) is 0 Å². The van der Waals surface area contributed by atoms with Crippen LogP contribution in [0, 0.1) is 22.6 Å². The molecule has 11 heteroatoms. The summed E-state index contributed by atoms with van der Waals surface area (Å²) in [5.41, 5.74) is -1.02. The molecule has 0 unspecified atom stereocenters. The Balaban J connectivity index is 1.64. The zero-order valence-electron chi connectivity index (χ0n) is 14.2. The summed E-state index contributed by atoms with van der Waals surface area (Å²) in [4.78, 5) is 17.2. The standard InChI is InChI=1S/C17H12F4N4O3/c18-11-5-9(13-23-14(28-24-13)17(19,20)21)6-12-10(11)7-25(3-4-27-12)15(26)16(8-22)1-2-16/h5-6H,1-4,7H2. The minimum atomic E-state index is -4.81. The van der Waals surface area contributed by atoms with Crippen LogP contribution in [-0.2, 0) is 17.5 Å². The van der Waals surface area contributed by atoms with Crippen molar-refractivity contribution in [3.63, 3.8) is 0 Å². The summed E-state index contributed by atoms with van der Waals surface area (Å²) < 4.78 is 62.2. The molecule has 1 fully saturated rings. The maximum atomic E-state index is 14.7. The van der Waals surface area contributed by atoms with Crippen LogP contribution in [0.25, 0.3) is 11.4 Å². The van der Waals surface area contributed by atoms with Gasteiger partial charge in [-0.05, 0) is 25.0 Å². The second kappa shape index (κ2) is 6.19. The molecular formula is C17H12F4N4O3. The van der Waals surface area contributed by atoms with Gasteiger partial charge in [0.05, 0.1) is 19.2 Å². The fraction of sp³-hybridized carbons (Fsp3) is 0.412. The number of hydrogen-bond donors (Lipinski definition) is 0. The molecule has 4 rings (SSSR count). The van der Waals surface area contributed by atoms with Crippen molar-refractivity contribution >= 4 is 5.91 Å². The molecule has 146 valence electrons. The number of carbonyl (C=O) groups excluding carboxylic acids is 1. The van der Waals surface area contributed by atoms with Crippen molar-refractivity contribution in [1.82, 2.24) is 15.0 Å². The lowest BCUT2D eigenvalue weighted by molar-refractivity contribution is -0.159. The van der Waals surface area contributed by atoms with E-state index in [0.717, 1.165) is 6.07 Å². The lowest BCUT2D eigenvalue weighted by Crippen LogP contribution is -2.37. The van der Waals surface area contributed by atoms with Gasteiger partial charge in [-0.25, -0.2) is 4.39 Å². The third kappa shape index (κ3) is 3.04. The molecule has 0 N–H and O–H groups in total. The Labute approximate surface area is 155 Å². The Bertz CT molecular complexity index is 991. The number of aromatic nitrogens is 2. The van der Waals surface area contributed by atoms with Crippen LogP contribution in [0.1, 0.15) is 24.3 Å². The predicted octanol–water partition coefficient (Wildman–Crippen LogP) is 2.92. The van der Waals surface area contributed by atoms with E-state index in [1.165, 1.54) is 11.0 Å². The topological polar surface area (TPSA) is 92.2 Å². The zero-order valence-corrected chi connectivity index (χ0v) is 14.2. The van der Waals surface area contributed by atoms with E-state index >= 15 is 0 Å². The number of halogens is 4. The highest BCUT2D eigenvalue weighted by molar-refractivity contribution is 5.88. The summed E-state index contributed by atoms with van der Waals surface area (Å²) in [7, 11) is 0. The maximum absolute atomic E-state index is 14.7. The van der Waals surface area contributed by atoms with Crippen LogP contribution >= 0.6 is 0 Å². The Morgan fingerprint density at radius 1 is 1.32 bits per heavy atom. The molecule has 1 aliphatic carbocycles. The molecule has 1 aromatic carbocycles. The lowest BCUT2D eigenvalue weighted by Gasteiger charge is -2.22. The summed E-state index contributed by atoms with van der Waals surface area (Å²) in [6.07, 6.45) is -3.88. The van der Waals surface area contributed by atoms with E-state index in [1.807, 2.05) is 6.07 Å². The number of carbonyl (C=O) groups is 1. The highest BCUT2D eigenvalue weighted by atomic mass is 19.4. The largest absolute Gasteiger partial charge is 0.491 e. The number of nitriles is 1. The van der Waals surface area contributed by atoms with Crippen molar-refractivity contribution < 1.29 is 31.6 Å². The summed E-state index contributed by atoms with van der Waals surface area (Å²) in [5, 5.41) is 12.4. The van der Waals surface area contributed by atoms with Crippen molar-refractivity contribution in [1.29, 1.82) is 5.26 Å². The molecule has 0 atom stereocenters. The van der Waals surface area contributed by atoms with Gasteiger partial charge in [0.2, 0.25) is 11.7 Å². The molecule has 1 aromatic heterocycles. The quantitative estimate of drug-likeness (QED) is 0.725. The van der Waals surface area contributed by atoms with Gasteiger partial charge in [-0.15, -0.1) is 0 Å². The van der Waals surface area contributed by atoms with Crippen molar-refractivity contribution in [2.75, 3.05) is 13.2 Å². The average molecular weight is 396 g/mol. The number of rotatable bonds is 2. The van der Waals surface area contributed by atoms with Crippen LogP contribution < -0.4 is 4.74 Å². The second-order valence-corrected chi connectivity index (χ2v) is 6.62. The third-order valence-electron chi connectivity index (χ3n) is 4.71. The molecule has 2 aromatic rings. The molecule has 0 radical (unpaired) electrons. The number of nitrogens with zero attached hydrogens (tertiary/aromatic N) is 4. The van der Waals surface area contributed by atoms with Gasteiger partial charge in [-0.3, -0.25) is 4.79 Å². The maximum Gasteiger partial charge on any atom is 0.471 e. The van der Waals surface area contributed by atoms with Crippen molar-refractivity contribution in [2.45, 2.75) is 25.6 Å². The van der Waals surface area contributed by atoms with E-state index < -0.39 is 29.1 Å². The zero-order chi connectivity index (χ0) is 20.1. The Kier molecular flexibility index (Phi) is 4.02. The Morgan fingerprint density at radius 2 is 2.07 bits per heavy atom. The molecule has 1 amide bonds. The fourth-order valence-corrected chi connectivity index (χ4v) is 2.99. The number of amides is 1. The van der Waals surface area contributed by atoms with Gasteiger partial charge in [-0.1, -0.05) is 5.16 Å². The molecule has 0 saturated heterocycles. The minimum Gasteiger partial charge on any atom is -0.491 e. The smallest absolute Gasteiger partial charge is 0.471 e. The summed E-state index contributed by atoms with van der Waals surface area (Å²) in [6, 6.07) is 4.27. The first kappa shape index (κ1) is 18.2. The number of benzene rings is 1. The predicted molar refractivity (Wildman–Crippen MR) is 82.9 cm³/mol. The highest BCUT2D eigenvalue weighted by Crippen LogP contribution is 2.47. The number of hydrogen-bond acceptors (Lipinski definition) is 6. The van der Waals surface area contributed by atoms with E-state index in [1.54, 1.807) is 0 Å². The van der Waals surface area contributed by atoms with E-state index in [4.69, 9.17) is 4.74 Å². The lowest BCUT2D eigenvalue weighted by atomic mass is 10.1. The van der Waals surface area contributed by atoms with Gasteiger partial charge in [0, 0.05) is 11.1 Å². The van der Waals surface area contributed by atoms with Crippen LogP contribution in [0.3, 0.4) is 0 Å².